The highest BCUT2D eigenvalue weighted by molar-refractivity contribution is 8.15. The Kier molecular flexibility index (Phi) is 19.5. The Hall–Kier alpha value is -3.67. The van der Waals surface area contributed by atoms with Gasteiger partial charge in [0.1, 0.15) is 40.5 Å². The highest BCUT2D eigenvalue weighted by atomic mass is 32.2. The van der Waals surface area contributed by atoms with Crippen LogP contribution in [0.5, 0.6) is 5.75 Å². The van der Waals surface area contributed by atoms with E-state index in [1.54, 1.807) is 0 Å². The summed E-state index contributed by atoms with van der Waals surface area (Å²) in [5.41, 5.74) is 5.14. The van der Waals surface area contributed by atoms with Crippen LogP contribution >= 0.6 is 47.9 Å². The van der Waals surface area contributed by atoms with Crippen molar-refractivity contribution in [1.82, 2.24) is 0 Å². The fourth-order valence-electron chi connectivity index (χ4n) is 4.99. The van der Waals surface area contributed by atoms with Crippen LogP contribution in [-0.4, -0.2) is 73.4 Å². The molecule has 0 saturated heterocycles. The molecule has 54 heavy (non-hydrogen) atoms. The smallest absolute Gasteiger partial charge is 0.315 e. The van der Waals surface area contributed by atoms with Gasteiger partial charge in [-0.15, -0.1) is 0 Å². The number of ether oxygens (including phenoxy) is 1. The minimum absolute atomic E-state index is 0.0490. The zero-order valence-electron chi connectivity index (χ0n) is 30.0. The molecule has 0 aromatic heterocycles. The molecule has 292 valence electrons. The molecule has 0 saturated carbocycles. The molecule has 2 aromatic rings. The van der Waals surface area contributed by atoms with Gasteiger partial charge >= 0.3 is 5.97 Å². The first-order valence-electron chi connectivity index (χ1n) is 16.5. The molecular formula is C37H41F2NO10S4. The van der Waals surface area contributed by atoms with Crippen LogP contribution in [0.25, 0.3) is 11.1 Å². The monoisotopic (exact) mass is 825 g/mol. The molecule has 11 nitrogen and oxygen atoms in total. The number of hydrogen-bond donors (Lipinski definition) is 2. The third kappa shape index (κ3) is 15.6. The molecule has 2 aromatic carbocycles. The van der Waals surface area contributed by atoms with Crippen molar-refractivity contribution in [1.29, 1.82) is 0 Å². The number of halogens is 2. The third-order valence-corrected chi connectivity index (χ3v) is 11.5. The van der Waals surface area contributed by atoms with Gasteiger partial charge in [-0.25, -0.2) is 8.78 Å². The van der Waals surface area contributed by atoms with Crippen LogP contribution in [0.15, 0.2) is 36.4 Å². The number of rotatable bonds is 22. The highest BCUT2D eigenvalue weighted by Crippen LogP contribution is 2.34. The van der Waals surface area contributed by atoms with Crippen molar-refractivity contribution in [2.75, 3.05) is 23.0 Å². The van der Waals surface area contributed by atoms with Crippen LogP contribution in [0.2, 0.25) is 0 Å². The van der Waals surface area contributed by atoms with Crippen LogP contribution < -0.4 is 10.5 Å². The first-order chi connectivity index (χ1) is 25.3. The van der Waals surface area contributed by atoms with Crippen molar-refractivity contribution in [3.05, 3.63) is 53.6 Å². The number of ketones is 4. The number of amides is 1. The van der Waals surface area contributed by atoms with Gasteiger partial charge in [0.2, 0.25) is 11.0 Å². The summed E-state index contributed by atoms with van der Waals surface area (Å²) in [5, 5.41) is -1.69. The van der Waals surface area contributed by atoms with Gasteiger partial charge in [0, 0.05) is 72.2 Å². The standard InChI is InChI=1S/C37H41F2NO10S4/c1-19(41)9-24(15-51)35(47)53-17-26(11-21(3)43)34(46)50-32-8-5-23(29-7-6-28(38)14-31(29)39)13-30(32)37(49)54-18-27(12-22(4)44)36(48)52-16-25(33(40)45)10-20(2)42/h5-8,13-14,24-27,51H,9-12,15-18H2,1-4H3,(H2,40,45). The maximum absolute atomic E-state index is 14.8. The van der Waals surface area contributed by atoms with Crippen LogP contribution in [-0.2, 0) is 38.4 Å². The van der Waals surface area contributed by atoms with E-state index in [1.165, 1.54) is 45.9 Å². The number of hydrogen-bond acceptors (Lipinski definition) is 14. The van der Waals surface area contributed by atoms with Crippen LogP contribution in [0, 0.1) is 35.3 Å². The van der Waals surface area contributed by atoms with E-state index >= 15 is 0 Å². The lowest BCUT2D eigenvalue weighted by Crippen LogP contribution is -2.28. The predicted molar refractivity (Wildman–Crippen MR) is 207 cm³/mol. The van der Waals surface area contributed by atoms with Crippen molar-refractivity contribution < 1.29 is 56.7 Å². The maximum Gasteiger partial charge on any atom is 0.315 e. The van der Waals surface area contributed by atoms with Crippen molar-refractivity contribution in [3.63, 3.8) is 0 Å². The first kappa shape index (κ1) is 46.5. The molecule has 4 atom stereocenters. The summed E-state index contributed by atoms with van der Waals surface area (Å²) in [7, 11) is 0. The minimum atomic E-state index is -1.15. The number of carbonyl (C=O) groups excluding carboxylic acids is 9. The maximum atomic E-state index is 14.8. The molecule has 0 aliphatic heterocycles. The largest absolute Gasteiger partial charge is 0.425 e. The molecule has 0 spiro atoms. The molecule has 0 aliphatic rings. The summed E-state index contributed by atoms with van der Waals surface area (Å²) in [5.74, 6) is -9.38. The zero-order chi connectivity index (χ0) is 40.7. The van der Waals surface area contributed by atoms with Gasteiger partial charge in [0.25, 0.3) is 0 Å². The molecule has 0 fully saturated rings. The minimum Gasteiger partial charge on any atom is -0.425 e. The molecule has 4 unspecified atom stereocenters. The average Bonchev–Trinajstić information content (AvgIpc) is 3.08. The summed E-state index contributed by atoms with van der Waals surface area (Å²) in [6.07, 6.45) is -0.798. The van der Waals surface area contributed by atoms with Crippen LogP contribution in [0.1, 0.15) is 63.7 Å². The lowest BCUT2D eigenvalue weighted by molar-refractivity contribution is -0.140. The third-order valence-electron chi connectivity index (χ3n) is 7.68. The molecule has 0 aliphatic carbocycles. The van der Waals surface area contributed by atoms with E-state index in [-0.39, 0.29) is 88.5 Å². The Morgan fingerprint density at radius 3 is 1.70 bits per heavy atom. The second kappa shape index (κ2) is 22.6. The van der Waals surface area contributed by atoms with E-state index in [9.17, 15) is 51.9 Å². The summed E-state index contributed by atoms with van der Waals surface area (Å²) >= 11 is 6.18. The Balaban J connectivity index is 2.43. The van der Waals surface area contributed by atoms with E-state index in [2.05, 4.69) is 12.6 Å². The van der Waals surface area contributed by atoms with E-state index in [0.717, 1.165) is 23.9 Å². The fourth-order valence-corrected chi connectivity index (χ4v) is 8.52. The van der Waals surface area contributed by atoms with Gasteiger partial charge in [0.05, 0.1) is 17.4 Å². The average molecular weight is 826 g/mol. The molecule has 2 N–H and O–H groups in total. The van der Waals surface area contributed by atoms with Crippen LogP contribution in [0.4, 0.5) is 8.78 Å². The number of Topliss-reactive ketones (excluding diaryl/α,β-unsaturated/α-hetero) is 4. The van der Waals surface area contributed by atoms with Crippen molar-refractivity contribution in [2.45, 2.75) is 53.4 Å². The van der Waals surface area contributed by atoms with E-state index < -0.39 is 68.3 Å². The van der Waals surface area contributed by atoms with Crippen molar-refractivity contribution >= 4 is 98.3 Å². The fraction of sp³-hybridized carbons (Fsp3) is 0.432. The van der Waals surface area contributed by atoms with Crippen LogP contribution in [0.3, 0.4) is 0 Å². The summed E-state index contributed by atoms with van der Waals surface area (Å²) in [4.78, 5) is 112. The van der Waals surface area contributed by atoms with E-state index in [0.29, 0.717) is 29.6 Å². The molecular weight excluding hydrogens is 785 g/mol. The Morgan fingerprint density at radius 2 is 1.17 bits per heavy atom. The normalized spacial score (nSPS) is 13.2. The van der Waals surface area contributed by atoms with Crippen molar-refractivity contribution in [2.24, 2.45) is 29.4 Å². The van der Waals surface area contributed by atoms with Gasteiger partial charge in [-0.1, -0.05) is 41.4 Å². The molecule has 0 bridgehead atoms. The predicted octanol–water partition coefficient (Wildman–Crippen LogP) is 5.73. The summed E-state index contributed by atoms with van der Waals surface area (Å²) in [6, 6.07) is 6.56. The summed E-state index contributed by atoms with van der Waals surface area (Å²) in [6.45, 7) is 5.10. The van der Waals surface area contributed by atoms with Gasteiger partial charge in [0.15, 0.2) is 10.2 Å². The van der Waals surface area contributed by atoms with Crippen molar-refractivity contribution in [3.8, 4) is 16.9 Å². The number of benzene rings is 2. The van der Waals surface area contributed by atoms with Gasteiger partial charge in [-0.05, 0) is 57.5 Å². The first-order valence-corrected chi connectivity index (χ1v) is 20.1. The second-order valence-corrected chi connectivity index (χ2v) is 16.0. The number of esters is 1. The molecule has 17 heteroatoms. The van der Waals surface area contributed by atoms with Gasteiger partial charge in [-0.2, -0.15) is 12.6 Å². The number of primary amides is 1. The molecule has 0 radical (unpaired) electrons. The van der Waals surface area contributed by atoms with Gasteiger partial charge < -0.3 is 29.6 Å². The number of carbonyl (C=O) groups is 9. The Bertz CT molecular complexity index is 1790. The molecule has 2 rings (SSSR count). The Labute approximate surface area is 329 Å². The lowest BCUT2D eigenvalue weighted by atomic mass is 10.0. The van der Waals surface area contributed by atoms with E-state index in [4.69, 9.17) is 10.5 Å². The van der Waals surface area contributed by atoms with E-state index in [1.807, 2.05) is 0 Å². The Morgan fingerprint density at radius 1 is 0.667 bits per heavy atom. The molecule has 1 amide bonds. The number of thioether (sulfide) groups is 3. The zero-order valence-corrected chi connectivity index (χ0v) is 33.4. The SMILES string of the molecule is CC(=O)CC(CSC(=O)C(CSC(=O)c1cc(-c2ccc(F)cc2F)ccc1OC(=O)C(CSC(=O)C(CS)CC(C)=O)CC(C)=O)CC(C)=O)C(N)=O. The quantitative estimate of drug-likeness (QED) is 0.0834. The topological polar surface area (TPSA) is 189 Å². The highest BCUT2D eigenvalue weighted by Gasteiger charge is 2.30. The van der Waals surface area contributed by atoms with Gasteiger partial charge in [-0.3, -0.25) is 24.0 Å². The second-order valence-electron chi connectivity index (χ2n) is 12.6. The lowest BCUT2D eigenvalue weighted by Gasteiger charge is -2.18. The summed E-state index contributed by atoms with van der Waals surface area (Å²) < 4.78 is 34.1. The number of thiol groups is 1. The molecule has 0 heterocycles. The number of nitrogens with two attached hydrogens (primary N) is 1.